The highest BCUT2D eigenvalue weighted by Gasteiger charge is 2.52. The number of anilines is 2. The Hall–Kier alpha value is -6.06. The quantitative estimate of drug-likeness (QED) is 0.190. The van der Waals surface area contributed by atoms with Crippen LogP contribution in [0.3, 0.4) is 0 Å². The molecule has 0 fully saturated rings. The molecule has 0 atom stereocenters. The lowest BCUT2D eigenvalue weighted by atomic mass is 9.70. The zero-order valence-electron chi connectivity index (χ0n) is 28.1. The minimum Gasteiger partial charge on any atom is -0.449 e. The van der Waals surface area contributed by atoms with Crippen molar-refractivity contribution >= 4 is 16.9 Å². The van der Waals surface area contributed by atoms with Crippen molar-refractivity contribution in [3.8, 4) is 45.3 Å². The number of allylic oxidation sites excluding steroid dienone is 5. The van der Waals surface area contributed by atoms with E-state index < -0.39 is 5.41 Å². The summed E-state index contributed by atoms with van der Waals surface area (Å²) >= 11 is 0. The smallest absolute Gasteiger partial charge is 0.172 e. The lowest BCUT2D eigenvalue weighted by Gasteiger charge is -2.31. The first-order valence-electron chi connectivity index (χ1n) is 17.5. The second kappa shape index (κ2) is 11.0. The van der Waals surface area contributed by atoms with E-state index in [1.165, 1.54) is 55.6 Å². The van der Waals surface area contributed by atoms with Gasteiger partial charge < -0.3 is 14.4 Å². The summed E-state index contributed by atoms with van der Waals surface area (Å²) in [6.07, 6.45) is 11.0. The van der Waals surface area contributed by atoms with Crippen LogP contribution in [0.2, 0.25) is 0 Å². The zero-order chi connectivity index (χ0) is 33.4. The first-order chi connectivity index (χ1) is 24.6. The highest BCUT2D eigenvalue weighted by Crippen LogP contribution is 2.64. The van der Waals surface area contributed by atoms with Gasteiger partial charge in [-0.1, -0.05) is 103 Å². The molecule has 0 unspecified atom stereocenters. The zero-order valence-corrected chi connectivity index (χ0v) is 28.1. The summed E-state index contributed by atoms with van der Waals surface area (Å²) in [6.45, 7) is 4.25. The summed E-state index contributed by atoms with van der Waals surface area (Å²) in [7, 11) is 0. The van der Waals surface area contributed by atoms with Gasteiger partial charge in [0.1, 0.15) is 0 Å². The van der Waals surface area contributed by atoms with Crippen LogP contribution in [0.1, 0.15) is 54.5 Å². The van der Waals surface area contributed by atoms with E-state index in [4.69, 9.17) is 9.47 Å². The molecule has 0 saturated heterocycles. The van der Waals surface area contributed by atoms with E-state index in [9.17, 15) is 0 Å². The van der Waals surface area contributed by atoms with Crippen molar-refractivity contribution in [3.05, 3.63) is 185 Å². The van der Waals surface area contributed by atoms with Crippen LogP contribution in [0.15, 0.2) is 157 Å². The van der Waals surface area contributed by atoms with Gasteiger partial charge in [-0.05, 0) is 125 Å². The van der Waals surface area contributed by atoms with Crippen LogP contribution < -0.4 is 14.4 Å². The first kappa shape index (κ1) is 28.9. The fourth-order valence-electron chi connectivity index (χ4n) is 8.56. The maximum Gasteiger partial charge on any atom is 0.172 e. The molecule has 0 aromatic heterocycles. The molecule has 0 saturated carbocycles. The van der Waals surface area contributed by atoms with Crippen LogP contribution in [0.4, 0.5) is 11.4 Å². The summed E-state index contributed by atoms with van der Waals surface area (Å²) in [6, 6.07) is 46.1. The highest BCUT2D eigenvalue weighted by molar-refractivity contribution is 5.96. The summed E-state index contributed by atoms with van der Waals surface area (Å²) in [5.74, 6) is 2.89. The average Bonchev–Trinajstić information content (AvgIpc) is 3.63. The van der Waals surface area contributed by atoms with Gasteiger partial charge in [-0.25, -0.2) is 0 Å². The second-order valence-corrected chi connectivity index (χ2v) is 13.5. The Bertz CT molecular complexity index is 2430. The Balaban J connectivity index is 1.10. The molecule has 1 spiro atoms. The Morgan fingerprint density at radius 1 is 0.580 bits per heavy atom. The summed E-state index contributed by atoms with van der Waals surface area (Å²) < 4.78 is 13.6. The van der Waals surface area contributed by atoms with Gasteiger partial charge in [-0.15, -0.1) is 0 Å². The predicted molar refractivity (Wildman–Crippen MR) is 204 cm³/mol. The Kier molecular flexibility index (Phi) is 6.35. The van der Waals surface area contributed by atoms with E-state index >= 15 is 0 Å². The monoisotopic (exact) mass is 645 g/mol. The minimum absolute atomic E-state index is 0.427. The van der Waals surface area contributed by atoms with Crippen molar-refractivity contribution in [3.63, 3.8) is 0 Å². The van der Waals surface area contributed by atoms with Crippen molar-refractivity contribution in [1.29, 1.82) is 0 Å². The van der Waals surface area contributed by atoms with Gasteiger partial charge in [-0.3, -0.25) is 0 Å². The fraction of sp³-hybridized carbons (Fsp3) is 0.106. The topological polar surface area (TPSA) is 21.7 Å². The number of nitrogens with zero attached hydrogens (tertiary/aromatic N) is 1. The van der Waals surface area contributed by atoms with E-state index in [0.29, 0.717) is 11.5 Å². The minimum atomic E-state index is -0.427. The Morgan fingerprint density at radius 2 is 1.20 bits per heavy atom. The molecule has 240 valence electrons. The number of ether oxygens (including phenoxy) is 2. The first-order valence-corrected chi connectivity index (χ1v) is 17.5. The fourth-order valence-corrected chi connectivity index (χ4v) is 8.56. The summed E-state index contributed by atoms with van der Waals surface area (Å²) in [4.78, 5) is 2.32. The third-order valence-electron chi connectivity index (χ3n) is 10.9. The van der Waals surface area contributed by atoms with Crippen molar-refractivity contribution in [2.45, 2.75) is 32.1 Å². The SMILES string of the molecule is C/C=C(\C)c1cccc(N(C2=CCCC=C2)c2ccc3c(c2)Oc2cc4c(cc2O3)C2(c3ccccc3-c3ccccc32)c2ccccc2-4)c1. The molecule has 6 aromatic rings. The van der Waals surface area contributed by atoms with Gasteiger partial charge in [0, 0.05) is 17.5 Å². The van der Waals surface area contributed by atoms with Crippen molar-refractivity contribution in [1.82, 2.24) is 0 Å². The lowest BCUT2D eigenvalue weighted by Crippen LogP contribution is -2.25. The molecule has 0 bridgehead atoms. The highest BCUT2D eigenvalue weighted by atomic mass is 16.6. The van der Waals surface area contributed by atoms with Crippen LogP contribution in [-0.4, -0.2) is 0 Å². The largest absolute Gasteiger partial charge is 0.449 e. The number of fused-ring (bicyclic) bond motifs is 12. The van der Waals surface area contributed by atoms with Crippen molar-refractivity contribution in [2.75, 3.05) is 4.90 Å². The number of benzene rings is 6. The van der Waals surface area contributed by atoms with Crippen LogP contribution in [-0.2, 0) is 5.41 Å². The maximum atomic E-state index is 6.80. The number of rotatable bonds is 4. The van der Waals surface area contributed by atoms with Gasteiger partial charge >= 0.3 is 0 Å². The Morgan fingerprint density at radius 3 is 1.88 bits per heavy atom. The predicted octanol–water partition coefficient (Wildman–Crippen LogP) is 12.7. The third-order valence-corrected chi connectivity index (χ3v) is 10.9. The summed E-state index contributed by atoms with van der Waals surface area (Å²) in [5, 5.41) is 0. The van der Waals surface area contributed by atoms with Crippen molar-refractivity contribution in [2.24, 2.45) is 0 Å². The van der Waals surface area contributed by atoms with Gasteiger partial charge in [0.05, 0.1) is 11.1 Å². The van der Waals surface area contributed by atoms with E-state index in [1.54, 1.807) is 0 Å². The van der Waals surface area contributed by atoms with Gasteiger partial charge in [0.25, 0.3) is 0 Å². The van der Waals surface area contributed by atoms with Gasteiger partial charge in [-0.2, -0.15) is 0 Å². The second-order valence-electron chi connectivity index (χ2n) is 13.5. The summed E-state index contributed by atoms with van der Waals surface area (Å²) in [5.41, 5.74) is 15.5. The number of hydrogen-bond donors (Lipinski definition) is 0. The van der Waals surface area contributed by atoms with Crippen LogP contribution in [0.25, 0.3) is 27.8 Å². The van der Waals surface area contributed by atoms with E-state index in [1.807, 2.05) is 6.07 Å². The van der Waals surface area contributed by atoms with Crippen LogP contribution >= 0.6 is 0 Å². The molecular formula is C47H35NO2. The molecule has 0 N–H and O–H groups in total. The molecule has 0 amide bonds. The average molecular weight is 646 g/mol. The lowest BCUT2D eigenvalue weighted by molar-refractivity contribution is 0.359. The van der Waals surface area contributed by atoms with Gasteiger partial charge in [0.15, 0.2) is 23.0 Å². The third kappa shape index (κ3) is 4.04. The molecule has 1 heterocycles. The standard InChI is InChI=1S/C47H35NO2/c1-3-30(2)31-14-13-17-33(26-31)48(32-15-5-4-6-16-32)34-24-25-43-44(27-34)50-45-28-38-37-20-9-12-23-41(37)47(42(38)29-46(45)49-43)39-21-10-7-18-35(39)36-19-8-11-22-40(36)47/h3,5,7-29H,4,6H2,1-2H3/b30-3+. The normalized spacial score (nSPS) is 15.5. The molecule has 10 rings (SSSR count). The van der Waals surface area contributed by atoms with E-state index in [-0.39, 0.29) is 0 Å². The van der Waals surface area contributed by atoms with Crippen molar-refractivity contribution < 1.29 is 9.47 Å². The molecule has 3 aliphatic carbocycles. The number of hydrogen-bond acceptors (Lipinski definition) is 3. The van der Waals surface area contributed by atoms with Gasteiger partial charge in [0.2, 0.25) is 0 Å². The van der Waals surface area contributed by atoms with Crippen LogP contribution in [0.5, 0.6) is 23.0 Å². The van der Waals surface area contributed by atoms with E-state index in [0.717, 1.165) is 41.4 Å². The molecule has 4 aliphatic rings. The molecule has 0 radical (unpaired) electrons. The molecule has 6 aromatic carbocycles. The Labute approximate surface area is 293 Å². The molecular weight excluding hydrogens is 611 g/mol. The maximum absolute atomic E-state index is 6.80. The van der Waals surface area contributed by atoms with Crippen LogP contribution in [0, 0.1) is 0 Å². The molecule has 3 heteroatoms. The molecule has 1 aliphatic heterocycles. The van der Waals surface area contributed by atoms with E-state index in [2.05, 4.69) is 164 Å². The molecule has 3 nitrogen and oxygen atoms in total. The molecule has 50 heavy (non-hydrogen) atoms.